The highest BCUT2D eigenvalue weighted by molar-refractivity contribution is 6.67. The van der Waals surface area contributed by atoms with Gasteiger partial charge < -0.3 is 4.57 Å². The summed E-state index contributed by atoms with van der Waals surface area (Å²) in [5.74, 6) is 0. The molecule has 0 unspecified atom stereocenters. The molecule has 1 aromatic rings. The number of aromatic nitrogens is 2. The number of hydrogen-bond donors (Lipinski definition) is 0. The van der Waals surface area contributed by atoms with E-state index < -0.39 is 3.79 Å². The molecule has 1 aromatic heterocycles. The summed E-state index contributed by atoms with van der Waals surface area (Å²) in [5.41, 5.74) is 0. The van der Waals surface area contributed by atoms with Gasteiger partial charge in [0.05, 0.1) is 12.9 Å². The zero-order chi connectivity index (χ0) is 7.61. The molecule has 5 heteroatoms. The van der Waals surface area contributed by atoms with Gasteiger partial charge in [0.15, 0.2) is 0 Å². The Hall–Kier alpha value is 0.0800. The first-order valence-electron chi connectivity index (χ1n) is 2.60. The van der Waals surface area contributed by atoms with Crippen LogP contribution >= 0.6 is 34.8 Å². The second kappa shape index (κ2) is 2.99. The molecule has 10 heavy (non-hydrogen) atoms. The smallest absolute Gasteiger partial charge is 0.208 e. The first-order chi connectivity index (χ1) is 4.58. The van der Waals surface area contributed by atoms with E-state index in [1.807, 2.05) is 0 Å². The molecule has 0 N–H and O–H groups in total. The summed E-state index contributed by atoms with van der Waals surface area (Å²) in [4.78, 5) is 3.79. The Morgan fingerprint density at radius 1 is 1.40 bits per heavy atom. The topological polar surface area (TPSA) is 17.8 Å². The molecule has 0 bridgehead atoms. The fourth-order valence-electron chi connectivity index (χ4n) is 0.587. The highest BCUT2D eigenvalue weighted by atomic mass is 35.6. The molecule has 0 aliphatic rings. The molecule has 0 amide bonds. The van der Waals surface area contributed by atoms with E-state index in [4.69, 9.17) is 34.8 Å². The van der Waals surface area contributed by atoms with E-state index in [1.54, 1.807) is 23.3 Å². The van der Waals surface area contributed by atoms with Crippen molar-refractivity contribution in [3.05, 3.63) is 18.7 Å². The summed E-state index contributed by atoms with van der Waals surface area (Å²) in [6.07, 6.45) is 4.97. The van der Waals surface area contributed by atoms with Crippen molar-refractivity contribution in [1.29, 1.82) is 0 Å². The molecular formula is C5H5Cl3N2. The van der Waals surface area contributed by atoms with Gasteiger partial charge in [-0.2, -0.15) is 0 Å². The number of rotatable bonds is 1. The first kappa shape index (κ1) is 8.18. The van der Waals surface area contributed by atoms with Crippen LogP contribution in [0.2, 0.25) is 0 Å². The largest absolute Gasteiger partial charge is 0.333 e. The summed E-state index contributed by atoms with van der Waals surface area (Å²) < 4.78 is 0.466. The van der Waals surface area contributed by atoms with E-state index >= 15 is 0 Å². The van der Waals surface area contributed by atoms with Crippen molar-refractivity contribution in [2.24, 2.45) is 0 Å². The number of halogens is 3. The highest BCUT2D eigenvalue weighted by Crippen LogP contribution is 2.27. The molecular weight excluding hydrogens is 194 g/mol. The minimum absolute atomic E-state index is 0.331. The molecule has 0 aliphatic heterocycles. The minimum Gasteiger partial charge on any atom is -0.333 e. The quantitative estimate of drug-likeness (QED) is 0.635. The second-order valence-electron chi connectivity index (χ2n) is 1.85. The predicted octanol–water partition coefficient (Wildman–Crippen LogP) is 2.25. The maximum Gasteiger partial charge on any atom is 0.208 e. The van der Waals surface area contributed by atoms with E-state index in [0.717, 1.165) is 0 Å². The Labute approximate surface area is 73.7 Å². The molecule has 0 aromatic carbocycles. The van der Waals surface area contributed by atoms with Crippen LogP contribution in [-0.2, 0) is 6.54 Å². The minimum atomic E-state index is -1.24. The summed E-state index contributed by atoms with van der Waals surface area (Å²) in [6, 6.07) is 0. The SMILES string of the molecule is ClC(Cl)(Cl)Cn1ccnc1. The summed E-state index contributed by atoms with van der Waals surface area (Å²) in [7, 11) is 0. The van der Waals surface area contributed by atoms with Crippen LogP contribution in [0.3, 0.4) is 0 Å². The van der Waals surface area contributed by atoms with Gasteiger partial charge in [0.2, 0.25) is 3.79 Å². The van der Waals surface area contributed by atoms with Crippen molar-refractivity contribution in [3.8, 4) is 0 Å². The highest BCUT2D eigenvalue weighted by Gasteiger charge is 2.19. The number of imidazole rings is 1. The summed E-state index contributed by atoms with van der Waals surface area (Å²) >= 11 is 16.5. The van der Waals surface area contributed by atoms with Gasteiger partial charge in [0, 0.05) is 12.4 Å². The van der Waals surface area contributed by atoms with Gasteiger partial charge in [-0.15, -0.1) is 0 Å². The number of alkyl halides is 3. The van der Waals surface area contributed by atoms with Crippen LogP contribution in [-0.4, -0.2) is 13.3 Å². The molecule has 2 nitrogen and oxygen atoms in total. The van der Waals surface area contributed by atoms with Gasteiger partial charge in [-0.3, -0.25) is 0 Å². The average Bonchev–Trinajstić information content (AvgIpc) is 2.12. The van der Waals surface area contributed by atoms with Gasteiger partial charge in [0.25, 0.3) is 0 Å². The number of hydrogen-bond acceptors (Lipinski definition) is 1. The van der Waals surface area contributed by atoms with Crippen molar-refractivity contribution in [1.82, 2.24) is 9.55 Å². The first-order valence-corrected chi connectivity index (χ1v) is 3.74. The van der Waals surface area contributed by atoms with Crippen molar-refractivity contribution in [2.45, 2.75) is 10.3 Å². The monoisotopic (exact) mass is 198 g/mol. The van der Waals surface area contributed by atoms with E-state index in [-0.39, 0.29) is 0 Å². The van der Waals surface area contributed by atoms with Crippen molar-refractivity contribution >= 4 is 34.8 Å². The molecule has 0 saturated heterocycles. The molecule has 0 aliphatic carbocycles. The van der Waals surface area contributed by atoms with Gasteiger partial charge in [-0.25, -0.2) is 4.98 Å². The predicted molar refractivity (Wildman–Crippen MR) is 42.5 cm³/mol. The van der Waals surface area contributed by atoms with Gasteiger partial charge in [0.1, 0.15) is 0 Å². The normalized spacial score (nSPS) is 11.9. The Morgan fingerprint density at radius 3 is 2.50 bits per heavy atom. The Morgan fingerprint density at radius 2 is 2.10 bits per heavy atom. The van der Waals surface area contributed by atoms with E-state index in [2.05, 4.69) is 4.98 Å². The summed E-state index contributed by atoms with van der Waals surface area (Å²) in [5, 5.41) is 0. The second-order valence-corrected chi connectivity index (χ2v) is 4.37. The molecule has 0 atom stereocenters. The molecule has 0 fully saturated rings. The summed E-state index contributed by atoms with van der Waals surface area (Å²) in [6.45, 7) is 0.331. The standard InChI is InChI=1S/C5H5Cl3N2/c6-5(7,8)3-10-2-1-9-4-10/h1-2,4H,3H2. The third kappa shape index (κ3) is 2.78. The van der Waals surface area contributed by atoms with Crippen LogP contribution in [0.1, 0.15) is 0 Å². The van der Waals surface area contributed by atoms with Crippen LogP contribution < -0.4 is 0 Å². The zero-order valence-electron chi connectivity index (χ0n) is 4.97. The fraction of sp³-hybridized carbons (Fsp3) is 0.400. The molecule has 0 saturated carbocycles. The molecule has 0 radical (unpaired) electrons. The lowest BCUT2D eigenvalue weighted by Gasteiger charge is -2.09. The maximum atomic E-state index is 5.51. The molecule has 56 valence electrons. The lowest BCUT2D eigenvalue weighted by molar-refractivity contribution is 0.714. The van der Waals surface area contributed by atoms with Gasteiger partial charge >= 0.3 is 0 Å². The van der Waals surface area contributed by atoms with E-state index in [9.17, 15) is 0 Å². The van der Waals surface area contributed by atoms with Crippen molar-refractivity contribution in [2.75, 3.05) is 0 Å². The van der Waals surface area contributed by atoms with Gasteiger partial charge in [-0.05, 0) is 0 Å². The van der Waals surface area contributed by atoms with Crippen molar-refractivity contribution in [3.63, 3.8) is 0 Å². The van der Waals surface area contributed by atoms with Crippen LogP contribution in [0.4, 0.5) is 0 Å². The average molecular weight is 199 g/mol. The third-order valence-corrected chi connectivity index (χ3v) is 1.28. The van der Waals surface area contributed by atoms with Crippen LogP contribution in [0, 0.1) is 0 Å². The zero-order valence-corrected chi connectivity index (χ0v) is 7.24. The van der Waals surface area contributed by atoms with Crippen molar-refractivity contribution < 1.29 is 0 Å². The van der Waals surface area contributed by atoms with E-state index in [0.29, 0.717) is 6.54 Å². The maximum absolute atomic E-state index is 5.51. The van der Waals surface area contributed by atoms with Crippen LogP contribution in [0.15, 0.2) is 18.7 Å². The molecule has 1 rings (SSSR count). The Kier molecular flexibility index (Phi) is 2.45. The number of nitrogens with zero attached hydrogens (tertiary/aromatic N) is 2. The molecule has 1 heterocycles. The Bertz CT molecular complexity index is 189. The van der Waals surface area contributed by atoms with Crippen LogP contribution in [0.5, 0.6) is 0 Å². The van der Waals surface area contributed by atoms with Crippen LogP contribution in [0.25, 0.3) is 0 Å². The molecule has 0 spiro atoms. The van der Waals surface area contributed by atoms with E-state index in [1.165, 1.54) is 0 Å². The fourth-order valence-corrected chi connectivity index (χ4v) is 1.00. The Balaban J connectivity index is 2.57. The lowest BCUT2D eigenvalue weighted by atomic mass is 10.7. The lowest BCUT2D eigenvalue weighted by Crippen LogP contribution is -2.12. The van der Waals surface area contributed by atoms with Gasteiger partial charge in [-0.1, -0.05) is 34.8 Å². The third-order valence-electron chi connectivity index (χ3n) is 0.921.